The van der Waals surface area contributed by atoms with E-state index in [1.807, 2.05) is 24.3 Å². The maximum atomic E-state index is 12.4. The highest BCUT2D eigenvalue weighted by Crippen LogP contribution is 2.27. The van der Waals surface area contributed by atoms with E-state index in [2.05, 4.69) is 17.3 Å². The lowest BCUT2D eigenvalue weighted by atomic mass is 10.2. The van der Waals surface area contributed by atoms with Crippen molar-refractivity contribution < 1.29 is 4.79 Å². The zero-order chi connectivity index (χ0) is 14.7. The van der Waals surface area contributed by atoms with Gasteiger partial charge in [-0.1, -0.05) is 19.1 Å². The van der Waals surface area contributed by atoms with Gasteiger partial charge in [0, 0.05) is 11.9 Å². The molecule has 1 aromatic carbocycles. The van der Waals surface area contributed by atoms with Crippen LogP contribution in [-0.2, 0) is 7.05 Å². The van der Waals surface area contributed by atoms with Gasteiger partial charge in [-0.2, -0.15) is 5.10 Å². The third-order valence-corrected chi connectivity index (χ3v) is 3.87. The van der Waals surface area contributed by atoms with Gasteiger partial charge in [-0.05, 0) is 24.8 Å². The van der Waals surface area contributed by atoms with Crippen LogP contribution in [0.2, 0.25) is 0 Å². The zero-order valence-corrected chi connectivity index (χ0v) is 12.6. The fourth-order valence-electron chi connectivity index (χ4n) is 1.98. The molecule has 1 amide bonds. The first-order valence-corrected chi connectivity index (χ1v) is 7.35. The van der Waals surface area contributed by atoms with Crippen molar-refractivity contribution in [3.05, 3.63) is 35.7 Å². The van der Waals surface area contributed by atoms with Crippen molar-refractivity contribution in [2.75, 3.05) is 16.8 Å². The Morgan fingerprint density at radius 1 is 1.45 bits per heavy atom. The maximum absolute atomic E-state index is 12.4. The van der Waals surface area contributed by atoms with E-state index in [0.29, 0.717) is 17.1 Å². The molecule has 0 unspecified atom stereocenters. The van der Waals surface area contributed by atoms with Crippen LogP contribution in [0, 0.1) is 6.92 Å². The summed E-state index contributed by atoms with van der Waals surface area (Å²) in [6.07, 6.45) is 0. The molecular weight excluding hydrogens is 272 g/mol. The van der Waals surface area contributed by atoms with Gasteiger partial charge in [0.1, 0.15) is 5.69 Å². The molecule has 0 fully saturated rings. The Balaban J connectivity index is 2.28. The monoisotopic (exact) mass is 290 g/mol. The summed E-state index contributed by atoms with van der Waals surface area (Å²) in [6.45, 7) is 3.86. The van der Waals surface area contributed by atoms with E-state index in [0.717, 1.165) is 16.3 Å². The van der Waals surface area contributed by atoms with E-state index in [4.69, 9.17) is 5.73 Å². The number of benzene rings is 1. The smallest absolute Gasteiger partial charge is 0.276 e. The number of nitrogens with zero attached hydrogens (tertiary/aromatic N) is 2. The van der Waals surface area contributed by atoms with Crippen molar-refractivity contribution >= 4 is 29.0 Å². The standard InChI is InChI=1S/C14H18N4OS/c1-4-20-11-8-6-5-7-10(11)16-14(19)13-12(15)9(2)17-18(13)3/h5-8H,4,15H2,1-3H3,(H,16,19). The number of nitrogens with one attached hydrogen (secondary N) is 1. The number of nitrogens with two attached hydrogens (primary N) is 1. The Hall–Kier alpha value is -1.95. The van der Waals surface area contributed by atoms with Crippen LogP contribution >= 0.6 is 11.8 Å². The average molecular weight is 290 g/mol. The molecule has 0 saturated carbocycles. The molecule has 0 radical (unpaired) electrons. The summed E-state index contributed by atoms with van der Waals surface area (Å²) in [5.41, 5.74) is 8.17. The molecule has 0 bridgehead atoms. The Morgan fingerprint density at radius 3 is 2.75 bits per heavy atom. The molecule has 1 heterocycles. The zero-order valence-electron chi connectivity index (χ0n) is 11.8. The van der Waals surface area contributed by atoms with Crippen LogP contribution in [0.5, 0.6) is 0 Å². The van der Waals surface area contributed by atoms with Gasteiger partial charge in [0.25, 0.3) is 5.91 Å². The Kier molecular flexibility index (Phi) is 4.34. The van der Waals surface area contributed by atoms with Gasteiger partial charge in [0.2, 0.25) is 0 Å². The van der Waals surface area contributed by atoms with Gasteiger partial charge in [-0.25, -0.2) is 0 Å². The van der Waals surface area contributed by atoms with Crippen LogP contribution in [0.3, 0.4) is 0 Å². The van der Waals surface area contributed by atoms with Crippen molar-refractivity contribution in [2.24, 2.45) is 7.05 Å². The molecule has 0 aliphatic carbocycles. The number of para-hydroxylation sites is 1. The molecular formula is C14H18N4OS. The summed E-state index contributed by atoms with van der Waals surface area (Å²) < 4.78 is 1.51. The Morgan fingerprint density at radius 2 is 2.15 bits per heavy atom. The minimum absolute atomic E-state index is 0.241. The molecule has 0 atom stereocenters. The quantitative estimate of drug-likeness (QED) is 0.849. The summed E-state index contributed by atoms with van der Waals surface area (Å²) in [5.74, 6) is 0.703. The lowest BCUT2D eigenvalue weighted by Gasteiger charge is -2.10. The molecule has 6 heteroatoms. The number of aromatic nitrogens is 2. The second kappa shape index (κ2) is 6.00. The average Bonchev–Trinajstić information content (AvgIpc) is 2.66. The summed E-state index contributed by atoms with van der Waals surface area (Å²) in [6, 6.07) is 7.72. The summed E-state index contributed by atoms with van der Waals surface area (Å²) in [7, 11) is 1.71. The van der Waals surface area contributed by atoms with Crippen LogP contribution in [0.1, 0.15) is 23.1 Å². The van der Waals surface area contributed by atoms with E-state index in [1.54, 1.807) is 25.7 Å². The number of carbonyl (C=O) groups excluding carboxylic acids is 1. The Labute approximate surface area is 122 Å². The number of anilines is 2. The van der Waals surface area contributed by atoms with Crippen molar-refractivity contribution in [2.45, 2.75) is 18.7 Å². The molecule has 0 aliphatic heterocycles. The number of hydrogen-bond acceptors (Lipinski definition) is 4. The molecule has 3 N–H and O–H groups in total. The molecule has 0 aliphatic rings. The van der Waals surface area contributed by atoms with Crippen LogP contribution in [0.25, 0.3) is 0 Å². The Bertz CT molecular complexity index is 636. The number of amides is 1. The normalized spacial score (nSPS) is 10.6. The summed E-state index contributed by atoms with van der Waals surface area (Å²) >= 11 is 1.68. The van der Waals surface area contributed by atoms with E-state index < -0.39 is 0 Å². The largest absolute Gasteiger partial charge is 0.395 e. The highest BCUT2D eigenvalue weighted by atomic mass is 32.2. The third kappa shape index (κ3) is 2.80. The molecule has 1 aromatic heterocycles. The minimum Gasteiger partial charge on any atom is -0.395 e. The predicted molar refractivity (Wildman–Crippen MR) is 83.2 cm³/mol. The maximum Gasteiger partial charge on any atom is 0.276 e. The number of nitrogen functional groups attached to an aromatic ring is 1. The SMILES string of the molecule is CCSc1ccccc1NC(=O)c1c(N)c(C)nn1C. The van der Waals surface area contributed by atoms with Crippen LogP contribution in [0.15, 0.2) is 29.2 Å². The first kappa shape index (κ1) is 14.5. The second-order valence-electron chi connectivity index (χ2n) is 4.35. The fourth-order valence-corrected chi connectivity index (χ4v) is 2.74. The van der Waals surface area contributed by atoms with Crippen molar-refractivity contribution in [3.8, 4) is 0 Å². The highest BCUT2D eigenvalue weighted by molar-refractivity contribution is 7.99. The number of thioether (sulfide) groups is 1. The van der Waals surface area contributed by atoms with E-state index in [9.17, 15) is 4.79 Å². The van der Waals surface area contributed by atoms with Gasteiger partial charge >= 0.3 is 0 Å². The minimum atomic E-state index is -0.241. The van der Waals surface area contributed by atoms with Gasteiger partial charge in [0.05, 0.1) is 17.1 Å². The summed E-state index contributed by atoms with van der Waals surface area (Å²) in [4.78, 5) is 13.4. The van der Waals surface area contributed by atoms with E-state index >= 15 is 0 Å². The van der Waals surface area contributed by atoms with Crippen LogP contribution < -0.4 is 11.1 Å². The molecule has 106 valence electrons. The fraction of sp³-hybridized carbons (Fsp3) is 0.286. The predicted octanol–water partition coefficient (Wildman–Crippen LogP) is 2.68. The van der Waals surface area contributed by atoms with Crippen molar-refractivity contribution in [3.63, 3.8) is 0 Å². The second-order valence-corrected chi connectivity index (χ2v) is 5.66. The number of rotatable bonds is 4. The van der Waals surface area contributed by atoms with Crippen molar-refractivity contribution in [1.29, 1.82) is 0 Å². The van der Waals surface area contributed by atoms with Gasteiger partial charge in [-0.15, -0.1) is 11.8 Å². The molecule has 0 spiro atoms. The van der Waals surface area contributed by atoms with E-state index in [-0.39, 0.29) is 5.91 Å². The molecule has 2 aromatic rings. The van der Waals surface area contributed by atoms with Crippen LogP contribution in [-0.4, -0.2) is 21.4 Å². The topological polar surface area (TPSA) is 72.9 Å². The molecule has 2 rings (SSSR count). The lowest BCUT2D eigenvalue weighted by Crippen LogP contribution is -2.18. The molecule has 0 saturated heterocycles. The first-order valence-electron chi connectivity index (χ1n) is 6.36. The van der Waals surface area contributed by atoms with Crippen LogP contribution in [0.4, 0.5) is 11.4 Å². The number of carbonyl (C=O) groups is 1. The van der Waals surface area contributed by atoms with Gasteiger partial charge in [0.15, 0.2) is 0 Å². The molecule has 20 heavy (non-hydrogen) atoms. The first-order chi connectivity index (χ1) is 9.54. The summed E-state index contributed by atoms with van der Waals surface area (Å²) in [5, 5.41) is 7.06. The molecule has 5 nitrogen and oxygen atoms in total. The number of hydrogen-bond donors (Lipinski definition) is 2. The lowest BCUT2D eigenvalue weighted by molar-refractivity contribution is 0.101. The third-order valence-electron chi connectivity index (χ3n) is 2.92. The van der Waals surface area contributed by atoms with Gasteiger partial charge in [-0.3, -0.25) is 9.48 Å². The number of aryl methyl sites for hydroxylation is 2. The van der Waals surface area contributed by atoms with E-state index in [1.165, 1.54) is 4.68 Å². The highest BCUT2D eigenvalue weighted by Gasteiger charge is 2.18. The van der Waals surface area contributed by atoms with Crippen molar-refractivity contribution in [1.82, 2.24) is 9.78 Å². The van der Waals surface area contributed by atoms with Gasteiger partial charge < -0.3 is 11.1 Å².